The van der Waals surface area contributed by atoms with Crippen LogP contribution in [0.25, 0.3) is 0 Å². The number of nitrogens with zero attached hydrogens (tertiary/aromatic N) is 1. The van der Waals surface area contributed by atoms with Gasteiger partial charge in [0.2, 0.25) is 5.91 Å². The van der Waals surface area contributed by atoms with Gasteiger partial charge in [0.1, 0.15) is 18.1 Å². The zero-order chi connectivity index (χ0) is 19.1. The lowest BCUT2D eigenvalue weighted by Gasteiger charge is -2.19. The van der Waals surface area contributed by atoms with E-state index in [0.717, 1.165) is 16.0 Å². The minimum atomic E-state index is -1.31. The topological polar surface area (TPSA) is 91.7 Å². The molecule has 4 amide bonds. The van der Waals surface area contributed by atoms with Gasteiger partial charge in [0.25, 0.3) is 5.91 Å². The standard InChI is InChI=1S/C19H21N3O4/c1-11-6-5-7-14(13(11)3)20-16(23)10-22-17(24)19(4,21-18(22)25)15-9-8-12(2)26-15/h5-9H,10H2,1-4H3,(H,20,23)(H,21,25)/t19-/m0/s1. The smallest absolute Gasteiger partial charge is 0.325 e. The molecule has 1 atom stereocenters. The summed E-state index contributed by atoms with van der Waals surface area (Å²) < 4.78 is 5.50. The first-order valence-electron chi connectivity index (χ1n) is 8.29. The van der Waals surface area contributed by atoms with Gasteiger partial charge in [0.05, 0.1) is 0 Å². The minimum absolute atomic E-state index is 0.339. The molecule has 7 nitrogen and oxygen atoms in total. The maximum atomic E-state index is 12.8. The Hall–Kier alpha value is -3.09. The largest absolute Gasteiger partial charge is 0.463 e. The number of furan rings is 1. The highest BCUT2D eigenvalue weighted by atomic mass is 16.3. The highest BCUT2D eigenvalue weighted by Crippen LogP contribution is 2.30. The second kappa shape index (κ2) is 6.33. The summed E-state index contributed by atoms with van der Waals surface area (Å²) in [5.41, 5.74) is 1.32. The summed E-state index contributed by atoms with van der Waals surface area (Å²) in [5.74, 6) is 0.00946. The molecule has 26 heavy (non-hydrogen) atoms. The quantitative estimate of drug-likeness (QED) is 0.825. The molecular formula is C19H21N3O4. The van der Waals surface area contributed by atoms with Crippen molar-refractivity contribution >= 4 is 23.5 Å². The zero-order valence-corrected chi connectivity index (χ0v) is 15.2. The van der Waals surface area contributed by atoms with Crippen LogP contribution in [0.2, 0.25) is 0 Å². The molecule has 0 radical (unpaired) electrons. The molecule has 2 N–H and O–H groups in total. The van der Waals surface area contributed by atoms with Crippen molar-refractivity contribution in [1.82, 2.24) is 10.2 Å². The lowest BCUT2D eigenvalue weighted by atomic mass is 9.99. The van der Waals surface area contributed by atoms with Crippen LogP contribution in [-0.4, -0.2) is 29.3 Å². The van der Waals surface area contributed by atoms with Gasteiger partial charge < -0.3 is 15.1 Å². The Morgan fingerprint density at radius 3 is 2.58 bits per heavy atom. The van der Waals surface area contributed by atoms with E-state index in [-0.39, 0.29) is 6.54 Å². The van der Waals surface area contributed by atoms with Crippen molar-refractivity contribution in [3.8, 4) is 0 Å². The number of anilines is 1. The van der Waals surface area contributed by atoms with Crippen LogP contribution in [0.3, 0.4) is 0 Å². The van der Waals surface area contributed by atoms with Gasteiger partial charge in [-0.05, 0) is 57.0 Å². The molecule has 2 heterocycles. The lowest BCUT2D eigenvalue weighted by Crippen LogP contribution is -2.41. The molecule has 1 aromatic heterocycles. The first kappa shape index (κ1) is 17.7. The fraction of sp³-hybridized carbons (Fsp3) is 0.316. The van der Waals surface area contributed by atoms with Crippen LogP contribution in [0.1, 0.15) is 29.6 Å². The normalized spacial score (nSPS) is 19.6. The van der Waals surface area contributed by atoms with E-state index in [0.29, 0.717) is 17.2 Å². The summed E-state index contributed by atoms with van der Waals surface area (Å²) in [4.78, 5) is 38.3. The van der Waals surface area contributed by atoms with Crippen molar-refractivity contribution in [3.63, 3.8) is 0 Å². The summed E-state index contributed by atoms with van der Waals surface area (Å²) in [6.45, 7) is 6.79. The average Bonchev–Trinajstić information content (AvgIpc) is 3.10. The van der Waals surface area contributed by atoms with Gasteiger partial charge in [-0.3, -0.25) is 14.5 Å². The Bertz CT molecular complexity index is 902. The minimum Gasteiger partial charge on any atom is -0.463 e. The number of carbonyl (C=O) groups is 3. The summed E-state index contributed by atoms with van der Waals surface area (Å²) >= 11 is 0. The maximum Gasteiger partial charge on any atom is 0.325 e. The number of amides is 4. The van der Waals surface area contributed by atoms with Crippen molar-refractivity contribution < 1.29 is 18.8 Å². The Labute approximate surface area is 151 Å². The SMILES string of the molecule is Cc1ccc([C@]2(C)NC(=O)N(CC(=O)Nc3cccc(C)c3C)C2=O)o1. The van der Waals surface area contributed by atoms with Crippen molar-refractivity contribution in [2.24, 2.45) is 0 Å². The Balaban J connectivity index is 1.75. The van der Waals surface area contributed by atoms with Crippen LogP contribution >= 0.6 is 0 Å². The number of urea groups is 1. The van der Waals surface area contributed by atoms with E-state index in [4.69, 9.17) is 4.42 Å². The molecule has 0 unspecified atom stereocenters. The fourth-order valence-corrected chi connectivity index (χ4v) is 2.93. The lowest BCUT2D eigenvalue weighted by molar-refractivity contribution is -0.134. The van der Waals surface area contributed by atoms with Crippen molar-refractivity contribution in [1.29, 1.82) is 0 Å². The predicted molar refractivity (Wildman–Crippen MR) is 95.6 cm³/mol. The Morgan fingerprint density at radius 2 is 1.92 bits per heavy atom. The zero-order valence-electron chi connectivity index (χ0n) is 15.2. The van der Waals surface area contributed by atoms with Crippen LogP contribution in [0.4, 0.5) is 10.5 Å². The molecule has 1 aliphatic heterocycles. The highest BCUT2D eigenvalue weighted by molar-refractivity contribution is 6.10. The number of nitrogens with one attached hydrogen (secondary N) is 2. The number of rotatable bonds is 4. The van der Waals surface area contributed by atoms with Crippen LogP contribution in [0.5, 0.6) is 0 Å². The van der Waals surface area contributed by atoms with E-state index >= 15 is 0 Å². The molecule has 0 aliphatic carbocycles. The Morgan fingerprint density at radius 1 is 1.19 bits per heavy atom. The average molecular weight is 355 g/mol. The van der Waals surface area contributed by atoms with Crippen LogP contribution < -0.4 is 10.6 Å². The summed E-state index contributed by atoms with van der Waals surface area (Å²) in [5, 5.41) is 5.37. The number of aryl methyl sites for hydroxylation is 2. The fourth-order valence-electron chi connectivity index (χ4n) is 2.93. The van der Waals surface area contributed by atoms with E-state index in [1.54, 1.807) is 32.0 Å². The van der Waals surface area contributed by atoms with Crippen LogP contribution in [0, 0.1) is 20.8 Å². The number of carbonyl (C=O) groups excluding carboxylic acids is 3. The summed E-state index contributed by atoms with van der Waals surface area (Å²) in [6, 6.07) is 8.30. The van der Waals surface area contributed by atoms with Gasteiger partial charge in [-0.25, -0.2) is 4.79 Å². The van der Waals surface area contributed by atoms with E-state index in [1.807, 2.05) is 26.0 Å². The van der Waals surface area contributed by atoms with Crippen molar-refractivity contribution in [3.05, 3.63) is 53.0 Å². The van der Waals surface area contributed by atoms with Gasteiger partial charge in [-0.1, -0.05) is 12.1 Å². The second-order valence-corrected chi connectivity index (χ2v) is 6.65. The number of imide groups is 1. The molecular weight excluding hydrogens is 334 g/mol. The monoisotopic (exact) mass is 355 g/mol. The van der Waals surface area contributed by atoms with Crippen molar-refractivity contribution in [2.45, 2.75) is 33.2 Å². The molecule has 0 spiro atoms. The second-order valence-electron chi connectivity index (χ2n) is 6.65. The first-order chi connectivity index (χ1) is 12.2. The van der Waals surface area contributed by atoms with Gasteiger partial charge in [0, 0.05) is 5.69 Å². The van der Waals surface area contributed by atoms with Gasteiger partial charge in [-0.2, -0.15) is 0 Å². The molecule has 0 bridgehead atoms. The number of benzene rings is 1. The van der Waals surface area contributed by atoms with Gasteiger partial charge in [0.15, 0.2) is 5.54 Å². The molecule has 136 valence electrons. The molecule has 1 aromatic carbocycles. The third-order valence-electron chi connectivity index (χ3n) is 4.69. The van der Waals surface area contributed by atoms with E-state index in [9.17, 15) is 14.4 Å². The predicted octanol–water partition coefficient (Wildman–Crippen LogP) is 2.61. The van der Waals surface area contributed by atoms with Gasteiger partial charge >= 0.3 is 6.03 Å². The molecule has 1 aliphatic rings. The first-order valence-corrected chi connectivity index (χ1v) is 8.29. The van der Waals surface area contributed by atoms with Gasteiger partial charge in [-0.15, -0.1) is 0 Å². The molecule has 3 rings (SSSR count). The van der Waals surface area contributed by atoms with E-state index < -0.39 is 23.4 Å². The molecule has 1 saturated heterocycles. The van der Waals surface area contributed by atoms with Crippen LogP contribution in [0.15, 0.2) is 34.7 Å². The molecule has 2 aromatic rings. The third-order valence-corrected chi connectivity index (χ3v) is 4.69. The highest BCUT2D eigenvalue weighted by Gasteiger charge is 2.51. The summed E-state index contributed by atoms with van der Waals surface area (Å²) in [6.07, 6.45) is 0. The Kier molecular flexibility index (Phi) is 4.31. The number of hydrogen-bond acceptors (Lipinski definition) is 4. The molecule has 7 heteroatoms. The number of hydrogen-bond donors (Lipinski definition) is 2. The van der Waals surface area contributed by atoms with E-state index in [1.165, 1.54) is 0 Å². The van der Waals surface area contributed by atoms with Crippen molar-refractivity contribution in [2.75, 3.05) is 11.9 Å². The van der Waals surface area contributed by atoms with Crippen LogP contribution in [-0.2, 0) is 15.1 Å². The molecule has 0 saturated carbocycles. The van der Waals surface area contributed by atoms with E-state index in [2.05, 4.69) is 10.6 Å². The maximum absolute atomic E-state index is 12.8. The molecule has 1 fully saturated rings. The third kappa shape index (κ3) is 2.96. The summed E-state index contributed by atoms with van der Waals surface area (Å²) in [7, 11) is 0.